The first-order valence-electron chi connectivity index (χ1n) is 13.7. The number of rotatable bonds is 7. The zero-order chi connectivity index (χ0) is 29.4. The van der Waals surface area contributed by atoms with E-state index in [1.54, 1.807) is 47.7 Å². The molecule has 210 valence electrons. The van der Waals surface area contributed by atoms with E-state index in [-0.39, 0.29) is 18.2 Å². The van der Waals surface area contributed by atoms with Crippen molar-refractivity contribution in [3.8, 4) is 16.3 Å². The number of hydrogen-bond donors (Lipinski definition) is 0. The molecule has 1 saturated heterocycles. The van der Waals surface area contributed by atoms with Crippen LogP contribution in [0, 0.1) is 6.92 Å². The fraction of sp³-hybridized carbons (Fsp3) is 0.176. The third-order valence-electron chi connectivity index (χ3n) is 7.63. The highest BCUT2D eigenvalue weighted by Gasteiger charge is 2.46. The van der Waals surface area contributed by atoms with Crippen LogP contribution in [-0.2, 0) is 9.59 Å². The van der Waals surface area contributed by atoms with Crippen molar-refractivity contribution in [3.05, 3.63) is 114 Å². The highest BCUT2D eigenvalue weighted by molar-refractivity contribution is 7.21. The van der Waals surface area contributed by atoms with E-state index in [1.807, 2.05) is 61.5 Å². The normalized spacial score (nSPS) is 15.7. The number of thiazole rings is 1. The minimum Gasteiger partial charge on any atom is -0.497 e. The van der Waals surface area contributed by atoms with E-state index in [0.717, 1.165) is 26.4 Å². The van der Waals surface area contributed by atoms with Crippen LogP contribution in [0.15, 0.2) is 97.1 Å². The van der Waals surface area contributed by atoms with Crippen molar-refractivity contribution in [2.75, 3.05) is 12.0 Å². The predicted molar refractivity (Wildman–Crippen MR) is 165 cm³/mol. The lowest BCUT2D eigenvalue weighted by molar-refractivity contribution is -0.122. The molecule has 8 heteroatoms. The van der Waals surface area contributed by atoms with Gasteiger partial charge in [-0.05, 0) is 79.6 Å². The van der Waals surface area contributed by atoms with E-state index in [1.165, 1.54) is 22.5 Å². The Hall–Kier alpha value is -4.82. The first-order valence-corrected chi connectivity index (χ1v) is 14.5. The Bertz CT molecular complexity index is 1800. The van der Waals surface area contributed by atoms with Crippen molar-refractivity contribution in [3.63, 3.8) is 0 Å². The first-order chi connectivity index (χ1) is 20.3. The van der Waals surface area contributed by atoms with Gasteiger partial charge in [0, 0.05) is 11.1 Å². The van der Waals surface area contributed by atoms with Crippen molar-refractivity contribution in [1.29, 1.82) is 0 Å². The molecule has 0 aliphatic carbocycles. The molecule has 4 aromatic carbocycles. The number of nitrogens with zero attached hydrogens (tertiary/aromatic N) is 3. The second kappa shape index (κ2) is 11.2. The summed E-state index contributed by atoms with van der Waals surface area (Å²) in [6.45, 7) is 3.93. The molecule has 6 rings (SSSR count). The van der Waals surface area contributed by atoms with E-state index in [0.29, 0.717) is 17.0 Å². The Morgan fingerprint density at radius 3 is 2.48 bits per heavy atom. The van der Waals surface area contributed by atoms with E-state index >= 15 is 0 Å². The van der Waals surface area contributed by atoms with Crippen LogP contribution in [0.3, 0.4) is 0 Å². The molecule has 0 bridgehead atoms. The average molecular weight is 576 g/mol. The Morgan fingerprint density at radius 1 is 0.976 bits per heavy atom. The maximum atomic E-state index is 14.0. The van der Waals surface area contributed by atoms with Gasteiger partial charge in [-0.3, -0.25) is 14.4 Å². The second-order valence-electron chi connectivity index (χ2n) is 10.4. The fourth-order valence-electron chi connectivity index (χ4n) is 5.40. The van der Waals surface area contributed by atoms with Crippen LogP contribution in [0.2, 0.25) is 0 Å². The van der Waals surface area contributed by atoms with Gasteiger partial charge in [0.15, 0.2) is 0 Å². The smallest absolute Gasteiger partial charge is 0.257 e. The number of methoxy groups -OCH3 is 1. The van der Waals surface area contributed by atoms with Crippen LogP contribution in [-0.4, -0.2) is 40.8 Å². The second-order valence-corrected chi connectivity index (χ2v) is 11.4. The molecule has 1 aromatic heterocycles. The third kappa shape index (κ3) is 5.05. The van der Waals surface area contributed by atoms with Gasteiger partial charge in [-0.15, -0.1) is 11.3 Å². The zero-order valence-electron chi connectivity index (χ0n) is 23.5. The van der Waals surface area contributed by atoms with Crippen molar-refractivity contribution in [2.24, 2.45) is 0 Å². The molecule has 42 heavy (non-hydrogen) atoms. The quantitative estimate of drug-likeness (QED) is 0.199. The fourth-order valence-corrected chi connectivity index (χ4v) is 6.47. The van der Waals surface area contributed by atoms with Crippen LogP contribution < -0.4 is 9.64 Å². The maximum Gasteiger partial charge on any atom is 0.257 e. The van der Waals surface area contributed by atoms with Crippen LogP contribution >= 0.6 is 11.3 Å². The molecular formula is C34H29N3O4S. The molecule has 0 spiro atoms. The Balaban J connectivity index is 1.31. The van der Waals surface area contributed by atoms with Gasteiger partial charge in [-0.1, -0.05) is 42.5 Å². The molecule has 2 heterocycles. The molecule has 2 unspecified atom stereocenters. The lowest BCUT2D eigenvalue weighted by Crippen LogP contribution is -2.46. The van der Waals surface area contributed by atoms with Gasteiger partial charge in [0.2, 0.25) is 5.91 Å². The molecule has 1 fully saturated rings. The largest absolute Gasteiger partial charge is 0.497 e. The first kappa shape index (κ1) is 27.4. The molecule has 0 saturated carbocycles. The molecule has 2 atom stereocenters. The zero-order valence-corrected chi connectivity index (χ0v) is 24.3. The summed E-state index contributed by atoms with van der Waals surface area (Å²) in [5.74, 6) is -0.592. The summed E-state index contributed by atoms with van der Waals surface area (Å²) in [6, 6.07) is 28.4. The van der Waals surface area contributed by atoms with Gasteiger partial charge in [0.1, 0.15) is 16.8 Å². The number of carbonyl (C=O) groups is 3. The van der Waals surface area contributed by atoms with E-state index in [2.05, 4.69) is 13.0 Å². The summed E-state index contributed by atoms with van der Waals surface area (Å²) in [6.07, 6.45) is -0.106. The van der Waals surface area contributed by atoms with E-state index < -0.39 is 18.0 Å². The summed E-state index contributed by atoms with van der Waals surface area (Å²) in [5.41, 5.74) is 4.73. The minimum absolute atomic E-state index is 0.106. The van der Waals surface area contributed by atoms with E-state index in [9.17, 15) is 14.4 Å². The van der Waals surface area contributed by atoms with E-state index in [4.69, 9.17) is 9.72 Å². The Kier molecular flexibility index (Phi) is 7.31. The van der Waals surface area contributed by atoms with Crippen molar-refractivity contribution < 1.29 is 19.1 Å². The van der Waals surface area contributed by atoms with Gasteiger partial charge < -0.3 is 9.64 Å². The van der Waals surface area contributed by atoms with Crippen LogP contribution in [0.5, 0.6) is 5.75 Å². The molecule has 7 nitrogen and oxygen atoms in total. The maximum absolute atomic E-state index is 14.0. The van der Waals surface area contributed by atoms with Gasteiger partial charge in [0.25, 0.3) is 11.8 Å². The topological polar surface area (TPSA) is 79.8 Å². The van der Waals surface area contributed by atoms with Crippen molar-refractivity contribution >= 4 is 45.0 Å². The molecule has 1 aliphatic heterocycles. The summed E-state index contributed by atoms with van der Waals surface area (Å²) in [5, 5.41) is 0.867. The minimum atomic E-state index is -0.960. The molecular weight excluding hydrogens is 546 g/mol. The highest BCUT2D eigenvalue weighted by Crippen LogP contribution is 2.35. The van der Waals surface area contributed by atoms with Crippen LogP contribution in [0.1, 0.15) is 40.9 Å². The molecule has 1 aliphatic rings. The third-order valence-corrected chi connectivity index (χ3v) is 8.69. The molecule has 5 aromatic rings. The van der Waals surface area contributed by atoms with Gasteiger partial charge in [-0.25, -0.2) is 9.88 Å². The number of fused-ring (bicyclic) bond motifs is 1. The van der Waals surface area contributed by atoms with Crippen LogP contribution in [0.4, 0.5) is 5.69 Å². The standard InChI is InChI=1S/C34H29N3O4S/c1-21-12-17-28-30(18-21)42-32(35-28)24-13-15-26(16-14-24)37-31(38)20-29(34(37)40)36(22(2)23-8-5-4-6-9-23)33(39)25-10-7-11-27(19-25)41-3/h4-19,22,29H,20H2,1-3H3. The van der Waals surface area contributed by atoms with Crippen LogP contribution in [0.25, 0.3) is 20.8 Å². The van der Waals surface area contributed by atoms with Gasteiger partial charge in [-0.2, -0.15) is 0 Å². The monoisotopic (exact) mass is 575 g/mol. The van der Waals surface area contributed by atoms with Gasteiger partial charge >= 0.3 is 0 Å². The Labute approximate surface area is 248 Å². The number of ether oxygens (including phenoxy) is 1. The van der Waals surface area contributed by atoms with Crippen molar-refractivity contribution in [2.45, 2.75) is 32.4 Å². The highest BCUT2D eigenvalue weighted by atomic mass is 32.1. The number of benzene rings is 4. The van der Waals surface area contributed by atoms with Crippen molar-refractivity contribution in [1.82, 2.24) is 9.88 Å². The SMILES string of the molecule is COc1cccc(C(=O)N(C2CC(=O)N(c3ccc(-c4nc5ccc(C)cc5s4)cc3)C2=O)C(C)c2ccccc2)c1. The summed E-state index contributed by atoms with van der Waals surface area (Å²) in [7, 11) is 1.54. The lowest BCUT2D eigenvalue weighted by atomic mass is 10.0. The predicted octanol–water partition coefficient (Wildman–Crippen LogP) is 6.82. The molecule has 0 radical (unpaired) electrons. The number of amides is 3. The Morgan fingerprint density at radius 2 is 1.74 bits per heavy atom. The number of hydrogen-bond acceptors (Lipinski definition) is 6. The number of carbonyl (C=O) groups excluding carboxylic acids is 3. The lowest BCUT2D eigenvalue weighted by Gasteiger charge is -2.33. The number of aromatic nitrogens is 1. The summed E-state index contributed by atoms with van der Waals surface area (Å²) < 4.78 is 6.44. The molecule has 0 N–H and O–H groups in total. The summed E-state index contributed by atoms with van der Waals surface area (Å²) >= 11 is 1.60. The summed E-state index contributed by atoms with van der Waals surface area (Å²) in [4.78, 5) is 48.7. The number of anilines is 1. The molecule has 3 amide bonds. The number of aryl methyl sites for hydroxylation is 1. The average Bonchev–Trinajstić information content (AvgIpc) is 3.57. The van der Waals surface area contributed by atoms with Gasteiger partial charge in [0.05, 0.1) is 35.5 Å². The number of imide groups is 1.